The lowest BCUT2D eigenvalue weighted by molar-refractivity contribution is 0.223. The largest absolute Gasteiger partial charge is 0.489 e. The lowest BCUT2D eigenvalue weighted by atomic mass is 10.1. The van der Waals surface area contributed by atoms with Crippen LogP contribution in [-0.4, -0.2) is 16.3 Å². The summed E-state index contributed by atoms with van der Waals surface area (Å²) in [5.74, 6) is 0.946. The average Bonchev–Trinajstić information content (AvgIpc) is 2.85. The van der Waals surface area contributed by atoms with Crippen LogP contribution in [0.15, 0.2) is 42.5 Å². The molecular weight excluding hydrogens is 260 g/mol. The highest BCUT2D eigenvalue weighted by Gasteiger charge is 2.14. The van der Waals surface area contributed by atoms with Crippen molar-refractivity contribution in [3.05, 3.63) is 59.3 Å². The normalized spacial score (nSPS) is 12.5. The fourth-order valence-electron chi connectivity index (χ4n) is 2.67. The first-order valence-electron chi connectivity index (χ1n) is 7.30. The molecule has 1 heterocycles. The SMILES string of the molecule is Cc1ccc2n[nH]c(C)c2c1OC(C)Cc1ccccc1. The van der Waals surface area contributed by atoms with Gasteiger partial charge in [-0.1, -0.05) is 36.4 Å². The second-order valence-electron chi connectivity index (χ2n) is 5.57. The van der Waals surface area contributed by atoms with Gasteiger partial charge >= 0.3 is 0 Å². The number of H-pyrrole nitrogens is 1. The molecule has 0 bridgehead atoms. The third-order valence-electron chi connectivity index (χ3n) is 3.74. The van der Waals surface area contributed by atoms with E-state index >= 15 is 0 Å². The van der Waals surface area contributed by atoms with Gasteiger partial charge in [-0.25, -0.2) is 0 Å². The minimum Gasteiger partial charge on any atom is -0.489 e. The van der Waals surface area contributed by atoms with E-state index in [1.54, 1.807) is 0 Å². The van der Waals surface area contributed by atoms with Crippen LogP contribution in [0, 0.1) is 13.8 Å². The van der Waals surface area contributed by atoms with Gasteiger partial charge in [0.25, 0.3) is 0 Å². The van der Waals surface area contributed by atoms with E-state index in [2.05, 4.69) is 54.4 Å². The summed E-state index contributed by atoms with van der Waals surface area (Å²) in [6.45, 7) is 6.22. The molecule has 1 aromatic heterocycles. The van der Waals surface area contributed by atoms with Gasteiger partial charge in [-0.15, -0.1) is 0 Å². The van der Waals surface area contributed by atoms with Gasteiger partial charge in [0.05, 0.1) is 17.0 Å². The molecule has 0 saturated heterocycles. The number of aromatic amines is 1. The van der Waals surface area contributed by atoms with Gasteiger partial charge in [0.15, 0.2) is 0 Å². The van der Waals surface area contributed by atoms with Crippen LogP contribution in [0.2, 0.25) is 0 Å². The molecule has 3 nitrogen and oxygen atoms in total. The quantitative estimate of drug-likeness (QED) is 0.778. The van der Waals surface area contributed by atoms with E-state index < -0.39 is 0 Å². The molecule has 2 aromatic carbocycles. The Hall–Kier alpha value is -2.29. The fraction of sp³-hybridized carbons (Fsp3) is 0.278. The number of aromatic nitrogens is 2. The van der Waals surface area contributed by atoms with Crippen LogP contribution >= 0.6 is 0 Å². The van der Waals surface area contributed by atoms with Gasteiger partial charge in [0.2, 0.25) is 0 Å². The molecule has 3 rings (SSSR count). The summed E-state index contributed by atoms with van der Waals surface area (Å²) in [5.41, 5.74) is 4.45. The first kappa shape index (κ1) is 13.7. The molecule has 1 atom stereocenters. The Kier molecular flexibility index (Phi) is 3.65. The zero-order valence-corrected chi connectivity index (χ0v) is 12.7. The highest BCUT2D eigenvalue weighted by molar-refractivity contribution is 5.88. The van der Waals surface area contributed by atoms with E-state index in [9.17, 15) is 0 Å². The van der Waals surface area contributed by atoms with Crippen LogP contribution < -0.4 is 4.74 Å². The second-order valence-corrected chi connectivity index (χ2v) is 5.57. The Bertz CT molecular complexity index is 747. The maximum absolute atomic E-state index is 6.24. The summed E-state index contributed by atoms with van der Waals surface area (Å²) in [7, 11) is 0. The van der Waals surface area contributed by atoms with Gasteiger partial charge in [0, 0.05) is 12.1 Å². The van der Waals surface area contributed by atoms with Gasteiger partial charge in [-0.2, -0.15) is 5.10 Å². The Balaban J connectivity index is 1.87. The van der Waals surface area contributed by atoms with Crippen molar-refractivity contribution >= 4 is 10.9 Å². The molecule has 0 aliphatic heterocycles. The van der Waals surface area contributed by atoms with E-state index in [0.717, 1.165) is 34.3 Å². The minimum atomic E-state index is 0.117. The maximum atomic E-state index is 6.24. The van der Waals surface area contributed by atoms with E-state index in [-0.39, 0.29) is 6.10 Å². The van der Waals surface area contributed by atoms with Gasteiger partial charge < -0.3 is 4.74 Å². The van der Waals surface area contributed by atoms with Crippen molar-refractivity contribution in [2.24, 2.45) is 0 Å². The predicted octanol–water partition coefficient (Wildman–Crippen LogP) is 4.19. The van der Waals surface area contributed by atoms with E-state index in [4.69, 9.17) is 4.74 Å². The molecule has 0 radical (unpaired) electrons. The van der Waals surface area contributed by atoms with Crippen molar-refractivity contribution in [1.29, 1.82) is 0 Å². The van der Waals surface area contributed by atoms with E-state index in [0.29, 0.717) is 0 Å². The Labute approximate surface area is 125 Å². The average molecular weight is 280 g/mol. The number of fused-ring (bicyclic) bond motifs is 1. The van der Waals surface area contributed by atoms with E-state index in [1.165, 1.54) is 5.56 Å². The molecule has 0 amide bonds. The topological polar surface area (TPSA) is 37.9 Å². The Morgan fingerprint density at radius 3 is 2.62 bits per heavy atom. The zero-order chi connectivity index (χ0) is 14.8. The second kappa shape index (κ2) is 5.60. The lowest BCUT2D eigenvalue weighted by Gasteiger charge is -2.17. The molecule has 0 saturated carbocycles. The van der Waals surface area contributed by atoms with Gasteiger partial charge in [-0.3, -0.25) is 5.10 Å². The predicted molar refractivity (Wildman–Crippen MR) is 85.8 cm³/mol. The maximum Gasteiger partial charge on any atom is 0.133 e. The number of rotatable bonds is 4. The minimum absolute atomic E-state index is 0.117. The summed E-state index contributed by atoms with van der Waals surface area (Å²) in [5, 5.41) is 8.44. The van der Waals surface area contributed by atoms with Gasteiger partial charge in [-0.05, 0) is 38.0 Å². The third-order valence-corrected chi connectivity index (χ3v) is 3.74. The van der Waals surface area contributed by atoms with Crippen LogP contribution in [0.25, 0.3) is 10.9 Å². The fourth-order valence-corrected chi connectivity index (χ4v) is 2.67. The molecule has 0 aliphatic carbocycles. The molecular formula is C18H20N2O. The Morgan fingerprint density at radius 1 is 1.10 bits per heavy atom. The van der Waals surface area contributed by atoms with Crippen LogP contribution in [0.5, 0.6) is 5.75 Å². The molecule has 0 aliphatic rings. The molecule has 0 spiro atoms. The van der Waals surface area contributed by atoms with Crippen LogP contribution in [0.1, 0.15) is 23.7 Å². The number of nitrogens with one attached hydrogen (secondary N) is 1. The summed E-state index contributed by atoms with van der Waals surface area (Å²) >= 11 is 0. The van der Waals surface area contributed by atoms with Crippen molar-refractivity contribution < 1.29 is 4.74 Å². The first-order valence-corrected chi connectivity index (χ1v) is 7.30. The van der Waals surface area contributed by atoms with Crippen molar-refractivity contribution in [2.45, 2.75) is 33.3 Å². The molecule has 108 valence electrons. The number of ether oxygens (including phenoxy) is 1. The smallest absolute Gasteiger partial charge is 0.133 e. The van der Waals surface area contributed by atoms with Crippen molar-refractivity contribution in [1.82, 2.24) is 10.2 Å². The number of nitrogens with zero attached hydrogens (tertiary/aromatic N) is 1. The molecule has 21 heavy (non-hydrogen) atoms. The third kappa shape index (κ3) is 2.77. The van der Waals surface area contributed by atoms with Gasteiger partial charge in [0.1, 0.15) is 5.75 Å². The Morgan fingerprint density at radius 2 is 1.86 bits per heavy atom. The zero-order valence-electron chi connectivity index (χ0n) is 12.7. The highest BCUT2D eigenvalue weighted by Crippen LogP contribution is 2.31. The highest BCUT2D eigenvalue weighted by atomic mass is 16.5. The van der Waals surface area contributed by atoms with E-state index in [1.807, 2.05) is 19.1 Å². The van der Waals surface area contributed by atoms with Crippen LogP contribution in [-0.2, 0) is 6.42 Å². The van der Waals surface area contributed by atoms with Crippen molar-refractivity contribution in [3.8, 4) is 5.75 Å². The monoisotopic (exact) mass is 280 g/mol. The lowest BCUT2D eigenvalue weighted by Crippen LogP contribution is -2.15. The van der Waals surface area contributed by atoms with Crippen LogP contribution in [0.3, 0.4) is 0 Å². The summed E-state index contributed by atoms with van der Waals surface area (Å²) in [4.78, 5) is 0. The van der Waals surface area contributed by atoms with Crippen molar-refractivity contribution in [3.63, 3.8) is 0 Å². The molecule has 1 N–H and O–H groups in total. The molecule has 3 aromatic rings. The number of aryl methyl sites for hydroxylation is 2. The first-order chi connectivity index (χ1) is 10.1. The summed E-state index contributed by atoms with van der Waals surface area (Å²) in [6.07, 6.45) is 1.01. The summed E-state index contributed by atoms with van der Waals surface area (Å²) < 4.78 is 6.24. The molecule has 0 fully saturated rings. The number of hydrogen-bond donors (Lipinski definition) is 1. The summed E-state index contributed by atoms with van der Waals surface area (Å²) in [6, 6.07) is 14.5. The van der Waals surface area contributed by atoms with Crippen LogP contribution in [0.4, 0.5) is 0 Å². The number of hydrogen-bond acceptors (Lipinski definition) is 2. The van der Waals surface area contributed by atoms with Crippen molar-refractivity contribution in [2.75, 3.05) is 0 Å². The standard InChI is InChI=1S/C18H20N2O/c1-12-9-10-16-17(14(3)19-20-16)18(12)21-13(2)11-15-7-5-4-6-8-15/h4-10,13H,11H2,1-3H3,(H,19,20). The number of benzene rings is 2. The molecule has 3 heteroatoms. The molecule has 1 unspecified atom stereocenters.